The van der Waals surface area contributed by atoms with Gasteiger partial charge in [-0.1, -0.05) is 0 Å². The number of nitrogens with one attached hydrogen (secondary N) is 2. The lowest BCUT2D eigenvalue weighted by Crippen LogP contribution is -2.10. The van der Waals surface area contributed by atoms with Gasteiger partial charge in [-0.25, -0.2) is 0 Å². The van der Waals surface area contributed by atoms with E-state index >= 15 is 0 Å². The van der Waals surface area contributed by atoms with Crippen molar-refractivity contribution in [2.45, 2.75) is 0 Å². The highest BCUT2D eigenvalue weighted by atomic mass is 16.7. The van der Waals surface area contributed by atoms with E-state index in [4.69, 9.17) is 13.9 Å². The second kappa shape index (κ2) is 4.96. The van der Waals surface area contributed by atoms with Gasteiger partial charge < -0.3 is 19.2 Å². The summed E-state index contributed by atoms with van der Waals surface area (Å²) in [6.07, 6.45) is 3.32. The van der Waals surface area contributed by atoms with Gasteiger partial charge in [0.05, 0.1) is 11.8 Å². The Bertz CT molecular complexity index is 823. The van der Waals surface area contributed by atoms with Crippen molar-refractivity contribution >= 4 is 11.6 Å². The zero-order chi connectivity index (χ0) is 14.9. The van der Waals surface area contributed by atoms with E-state index in [1.165, 1.54) is 0 Å². The van der Waals surface area contributed by atoms with Crippen LogP contribution in [0.3, 0.4) is 0 Å². The van der Waals surface area contributed by atoms with Gasteiger partial charge in [-0.3, -0.25) is 9.89 Å². The highest BCUT2D eigenvalue weighted by Crippen LogP contribution is 2.34. The van der Waals surface area contributed by atoms with E-state index in [2.05, 4.69) is 15.5 Å². The molecule has 0 saturated heterocycles. The second-order valence-electron chi connectivity index (χ2n) is 4.67. The summed E-state index contributed by atoms with van der Waals surface area (Å²) in [5, 5.41) is 9.29. The van der Waals surface area contributed by atoms with Gasteiger partial charge in [0.2, 0.25) is 6.79 Å². The number of aromatic nitrogens is 2. The molecular weight excluding hydrogens is 286 g/mol. The van der Waals surface area contributed by atoms with Crippen molar-refractivity contribution < 1.29 is 18.7 Å². The summed E-state index contributed by atoms with van der Waals surface area (Å²) in [6.45, 7) is 0.193. The molecule has 2 aromatic heterocycles. The lowest BCUT2D eigenvalue weighted by molar-refractivity contribution is 0.0997. The number of anilines is 1. The van der Waals surface area contributed by atoms with E-state index in [-0.39, 0.29) is 18.5 Å². The molecule has 1 aliphatic heterocycles. The highest BCUT2D eigenvalue weighted by molar-refractivity contribution is 6.02. The van der Waals surface area contributed by atoms with Crippen LogP contribution in [0.1, 0.15) is 10.6 Å². The number of hydrogen-bond donors (Lipinski definition) is 2. The van der Waals surface area contributed by atoms with Gasteiger partial charge in [-0.15, -0.1) is 0 Å². The Morgan fingerprint density at radius 1 is 1.18 bits per heavy atom. The maximum absolute atomic E-state index is 12.2. The third-order valence-corrected chi connectivity index (χ3v) is 3.24. The molecule has 2 N–H and O–H groups in total. The molecule has 0 saturated carbocycles. The Hall–Kier alpha value is -3.22. The maximum atomic E-state index is 12.2. The van der Waals surface area contributed by atoms with Crippen molar-refractivity contribution in [1.29, 1.82) is 0 Å². The minimum Gasteiger partial charge on any atom is -0.454 e. The Morgan fingerprint density at radius 3 is 2.95 bits per heavy atom. The largest absolute Gasteiger partial charge is 0.454 e. The fourth-order valence-electron chi connectivity index (χ4n) is 2.17. The summed E-state index contributed by atoms with van der Waals surface area (Å²) in [6, 6.07) is 8.53. The normalized spacial score (nSPS) is 12.4. The quantitative estimate of drug-likeness (QED) is 0.775. The van der Waals surface area contributed by atoms with Crippen LogP contribution >= 0.6 is 0 Å². The molecule has 0 spiro atoms. The number of benzene rings is 1. The number of furan rings is 1. The van der Waals surface area contributed by atoms with E-state index in [1.54, 1.807) is 42.7 Å². The topological polar surface area (TPSA) is 89.4 Å². The Balaban J connectivity index is 1.53. The van der Waals surface area contributed by atoms with E-state index in [1.807, 2.05) is 0 Å². The second-order valence-corrected chi connectivity index (χ2v) is 4.67. The average Bonchev–Trinajstić information content (AvgIpc) is 3.26. The number of hydrogen-bond acceptors (Lipinski definition) is 5. The molecule has 0 aliphatic carbocycles. The van der Waals surface area contributed by atoms with Crippen molar-refractivity contribution in [1.82, 2.24) is 10.2 Å². The van der Waals surface area contributed by atoms with Gasteiger partial charge in [0.1, 0.15) is 5.76 Å². The molecule has 1 amide bonds. The minimum atomic E-state index is -0.339. The molecule has 0 atom stereocenters. The molecule has 7 nitrogen and oxygen atoms in total. The third-order valence-electron chi connectivity index (χ3n) is 3.24. The number of carbonyl (C=O) groups excluding carboxylic acids is 1. The maximum Gasteiger partial charge on any atom is 0.291 e. The van der Waals surface area contributed by atoms with Crippen LogP contribution in [-0.4, -0.2) is 22.9 Å². The van der Waals surface area contributed by atoms with Crippen molar-refractivity contribution in [3.05, 3.63) is 48.5 Å². The smallest absolute Gasteiger partial charge is 0.291 e. The summed E-state index contributed by atoms with van der Waals surface area (Å²) < 4.78 is 16.0. The average molecular weight is 297 g/mol. The molecule has 4 rings (SSSR count). The fraction of sp³-hybridized carbons (Fsp3) is 0.0667. The van der Waals surface area contributed by atoms with E-state index in [0.717, 1.165) is 5.56 Å². The molecule has 1 aromatic carbocycles. The molecule has 0 unspecified atom stereocenters. The first-order valence-electron chi connectivity index (χ1n) is 6.59. The number of ether oxygens (including phenoxy) is 2. The predicted molar refractivity (Wildman–Crippen MR) is 76.8 cm³/mol. The van der Waals surface area contributed by atoms with Crippen LogP contribution in [0.2, 0.25) is 0 Å². The number of aromatic amines is 1. The Labute approximate surface area is 124 Å². The molecule has 1 aliphatic rings. The molecule has 3 heterocycles. The van der Waals surface area contributed by atoms with Gasteiger partial charge >= 0.3 is 0 Å². The number of carbonyl (C=O) groups is 1. The van der Waals surface area contributed by atoms with E-state index in [9.17, 15) is 4.79 Å². The van der Waals surface area contributed by atoms with Crippen molar-refractivity contribution in [2.24, 2.45) is 0 Å². The van der Waals surface area contributed by atoms with E-state index < -0.39 is 0 Å². The van der Waals surface area contributed by atoms with Crippen LogP contribution in [0.25, 0.3) is 11.3 Å². The van der Waals surface area contributed by atoms with Gasteiger partial charge in [0.15, 0.2) is 17.3 Å². The molecule has 3 aromatic rings. The number of H-pyrrole nitrogens is 1. The number of rotatable bonds is 3. The first-order chi connectivity index (χ1) is 10.8. The van der Waals surface area contributed by atoms with Crippen molar-refractivity contribution in [3.63, 3.8) is 0 Å². The summed E-state index contributed by atoms with van der Waals surface area (Å²) in [7, 11) is 0. The summed E-state index contributed by atoms with van der Waals surface area (Å²) in [4.78, 5) is 12.2. The summed E-state index contributed by atoms with van der Waals surface area (Å²) in [5.74, 6) is 1.72. The standard InChI is InChI=1S/C15H11N3O4/c19-15(13-4-3-11(22-13)9-6-16-17-7-9)18-10-1-2-12-14(5-10)21-8-20-12/h1-7H,8H2,(H,16,17)(H,18,19). The van der Waals surface area contributed by atoms with Gasteiger partial charge in [-0.05, 0) is 24.3 Å². The molecule has 0 radical (unpaired) electrons. The van der Waals surface area contributed by atoms with E-state index in [0.29, 0.717) is 22.9 Å². The predicted octanol–water partition coefficient (Wildman–Crippen LogP) is 2.65. The Morgan fingerprint density at radius 2 is 2.09 bits per heavy atom. The minimum absolute atomic E-state index is 0.193. The molecule has 0 bridgehead atoms. The van der Waals surface area contributed by atoms with Crippen LogP contribution in [0.5, 0.6) is 11.5 Å². The molecule has 0 fully saturated rings. The molecule has 22 heavy (non-hydrogen) atoms. The lowest BCUT2D eigenvalue weighted by Gasteiger charge is -2.04. The van der Waals surface area contributed by atoms with Gasteiger partial charge in [-0.2, -0.15) is 5.10 Å². The first kappa shape index (κ1) is 12.5. The molecular formula is C15H11N3O4. The number of amides is 1. The Kier molecular flexibility index (Phi) is 2.82. The fourth-order valence-corrected chi connectivity index (χ4v) is 2.17. The zero-order valence-corrected chi connectivity index (χ0v) is 11.3. The van der Waals surface area contributed by atoms with Crippen LogP contribution in [0.4, 0.5) is 5.69 Å². The van der Waals surface area contributed by atoms with Crippen molar-refractivity contribution in [2.75, 3.05) is 12.1 Å². The number of nitrogens with zero attached hydrogens (tertiary/aromatic N) is 1. The van der Waals surface area contributed by atoms with Gasteiger partial charge in [0, 0.05) is 18.0 Å². The SMILES string of the molecule is O=C(Nc1ccc2c(c1)OCO2)c1ccc(-c2cn[nH]c2)o1. The van der Waals surface area contributed by atoms with Crippen LogP contribution in [0.15, 0.2) is 47.1 Å². The van der Waals surface area contributed by atoms with Crippen LogP contribution in [-0.2, 0) is 0 Å². The number of fused-ring (bicyclic) bond motifs is 1. The monoisotopic (exact) mass is 297 g/mol. The zero-order valence-electron chi connectivity index (χ0n) is 11.3. The molecule has 7 heteroatoms. The molecule has 110 valence electrons. The van der Waals surface area contributed by atoms with Gasteiger partial charge in [0.25, 0.3) is 5.91 Å². The lowest BCUT2D eigenvalue weighted by atomic mass is 10.2. The first-order valence-corrected chi connectivity index (χ1v) is 6.59. The van der Waals surface area contributed by atoms with Crippen LogP contribution in [0, 0.1) is 0 Å². The highest BCUT2D eigenvalue weighted by Gasteiger charge is 2.16. The summed E-state index contributed by atoms with van der Waals surface area (Å²) in [5.41, 5.74) is 1.39. The summed E-state index contributed by atoms with van der Waals surface area (Å²) >= 11 is 0. The van der Waals surface area contributed by atoms with Crippen LogP contribution < -0.4 is 14.8 Å². The van der Waals surface area contributed by atoms with Crippen molar-refractivity contribution in [3.8, 4) is 22.8 Å². The third kappa shape index (κ3) is 2.18.